The predicted octanol–water partition coefficient (Wildman–Crippen LogP) is 3.10. The molecule has 160 valence electrons. The third kappa shape index (κ3) is 8.57. The van der Waals surface area contributed by atoms with Crippen LogP contribution in [0.25, 0.3) is 0 Å². The van der Waals surface area contributed by atoms with Crippen molar-refractivity contribution in [2.75, 3.05) is 27.2 Å². The second-order valence-corrected chi connectivity index (χ2v) is 7.81. The number of aromatic nitrogens is 1. The number of carbonyl (C=O) groups is 1. The topological polar surface area (TPSA) is 78.9 Å². The molecule has 0 fully saturated rings. The average molecular weight is 531 g/mol. The molecule has 2 N–H and O–H groups in total. The van der Waals surface area contributed by atoms with Crippen LogP contribution in [0.2, 0.25) is 0 Å². The van der Waals surface area contributed by atoms with Gasteiger partial charge in [0.1, 0.15) is 10.8 Å². The summed E-state index contributed by atoms with van der Waals surface area (Å²) in [6.45, 7) is 8.08. The monoisotopic (exact) mass is 531 g/mol. The third-order valence-corrected chi connectivity index (χ3v) is 5.08. The number of nitrogens with zero attached hydrogens (tertiary/aromatic N) is 3. The molecule has 2 rings (SSSR count). The molecule has 0 atom stereocenters. The molecule has 29 heavy (non-hydrogen) atoms. The first-order valence-corrected chi connectivity index (χ1v) is 10.1. The van der Waals surface area contributed by atoms with E-state index in [0.717, 1.165) is 28.8 Å². The van der Waals surface area contributed by atoms with Gasteiger partial charge >= 0.3 is 0 Å². The fourth-order valence-corrected chi connectivity index (χ4v) is 3.17. The number of amides is 1. The van der Waals surface area contributed by atoms with E-state index in [1.807, 2.05) is 38.1 Å². The third-order valence-electron chi connectivity index (χ3n) is 4.00. The van der Waals surface area contributed by atoms with Gasteiger partial charge in [-0.05, 0) is 38.5 Å². The van der Waals surface area contributed by atoms with Crippen molar-refractivity contribution in [1.82, 2.24) is 20.5 Å². The fourth-order valence-electron chi connectivity index (χ4n) is 2.29. The molecule has 1 amide bonds. The molecular weight excluding hydrogens is 501 g/mol. The van der Waals surface area contributed by atoms with Crippen LogP contribution < -0.4 is 15.4 Å². The highest BCUT2D eigenvalue weighted by Crippen LogP contribution is 2.16. The number of thiazole rings is 1. The van der Waals surface area contributed by atoms with Crippen molar-refractivity contribution in [3.05, 3.63) is 45.4 Å². The summed E-state index contributed by atoms with van der Waals surface area (Å²) in [5.41, 5.74) is 2.08. The second kappa shape index (κ2) is 12.6. The molecule has 0 radical (unpaired) electrons. The Balaban J connectivity index is 0.00000420. The van der Waals surface area contributed by atoms with Crippen molar-refractivity contribution in [1.29, 1.82) is 0 Å². The normalized spacial score (nSPS) is 10.9. The number of aliphatic imine (C=N–C) groups is 1. The zero-order valence-electron chi connectivity index (χ0n) is 17.6. The number of aryl methyl sites for hydroxylation is 2. The van der Waals surface area contributed by atoms with Crippen LogP contribution in [0, 0.1) is 13.8 Å². The maximum absolute atomic E-state index is 11.7. The minimum atomic E-state index is -0.0743. The van der Waals surface area contributed by atoms with E-state index < -0.39 is 0 Å². The Hall–Kier alpha value is -1.88. The zero-order chi connectivity index (χ0) is 20.5. The first-order valence-electron chi connectivity index (χ1n) is 9.26. The molecular formula is C20H30IN5O2S. The average Bonchev–Trinajstić information content (AvgIpc) is 3.00. The molecule has 0 unspecified atom stereocenters. The number of guanidine groups is 1. The number of hydrogen-bond acceptors (Lipinski definition) is 5. The summed E-state index contributed by atoms with van der Waals surface area (Å²) in [5.74, 6) is 1.33. The van der Waals surface area contributed by atoms with Crippen LogP contribution in [0.5, 0.6) is 5.75 Å². The number of nitrogens with one attached hydrogen (secondary N) is 2. The van der Waals surface area contributed by atoms with E-state index in [-0.39, 0.29) is 36.5 Å². The lowest BCUT2D eigenvalue weighted by Gasteiger charge is -2.12. The molecule has 0 aliphatic carbocycles. The van der Waals surface area contributed by atoms with Gasteiger partial charge in [0, 0.05) is 25.5 Å². The van der Waals surface area contributed by atoms with E-state index in [9.17, 15) is 4.79 Å². The molecule has 0 aliphatic heterocycles. The Morgan fingerprint density at radius 3 is 2.66 bits per heavy atom. The van der Waals surface area contributed by atoms with Crippen LogP contribution >= 0.6 is 35.3 Å². The highest BCUT2D eigenvalue weighted by Gasteiger charge is 2.07. The number of benzene rings is 1. The second-order valence-electron chi connectivity index (χ2n) is 6.52. The number of carbonyl (C=O) groups excluding carboxylic acids is 1. The standard InChI is InChI=1S/C20H29N5O2S.HI/c1-6-21-20(23-12-18-24-14(2)15(3)28-18)22-11-16-8-7-9-17(10-16)27-13-19(26)25(4)5;/h7-10H,6,11-13H2,1-5H3,(H2,21,22,23);1H. The lowest BCUT2D eigenvalue weighted by Crippen LogP contribution is -2.36. The van der Waals surface area contributed by atoms with Crippen LogP contribution in [-0.4, -0.2) is 49.0 Å². The quantitative estimate of drug-likeness (QED) is 0.311. The lowest BCUT2D eigenvalue weighted by atomic mass is 10.2. The number of halogens is 1. The van der Waals surface area contributed by atoms with Gasteiger partial charge in [0.05, 0.1) is 18.8 Å². The van der Waals surface area contributed by atoms with Crippen molar-refractivity contribution in [2.24, 2.45) is 4.99 Å². The minimum Gasteiger partial charge on any atom is -0.484 e. The summed E-state index contributed by atoms with van der Waals surface area (Å²) < 4.78 is 5.57. The van der Waals surface area contributed by atoms with Gasteiger partial charge in [0.25, 0.3) is 5.91 Å². The summed E-state index contributed by atoms with van der Waals surface area (Å²) in [7, 11) is 3.42. The van der Waals surface area contributed by atoms with Gasteiger partial charge in [-0.25, -0.2) is 9.98 Å². The minimum absolute atomic E-state index is 0. The smallest absolute Gasteiger partial charge is 0.259 e. The van der Waals surface area contributed by atoms with Crippen LogP contribution in [0.1, 0.15) is 28.1 Å². The highest BCUT2D eigenvalue weighted by molar-refractivity contribution is 14.0. The number of hydrogen-bond donors (Lipinski definition) is 2. The summed E-state index contributed by atoms with van der Waals surface area (Å²) >= 11 is 1.70. The number of ether oxygens (including phenoxy) is 1. The summed E-state index contributed by atoms with van der Waals surface area (Å²) in [6, 6.07) is 7.64. The van der Waals surface area contributed by atoms with Crippen molar-refractivity contribution < 1.29 is 9.53 Å². The summed E-state index contributed by atoms with van der Waals surface area (Å²) in [5, 5.41) is 7.61. The molecule has 9 heteroatoms. The fraction of sp³-hybridized carbons (Fsp3) is 0.450. The van der Waals surface area contributed by atoms with Crippen molar-refractivity contribution in [3.8, 4) is 5.75 Å². The molecule has 2 aromatic rings. The van der Waals surface area contributed by atoms with Gasteiger partial charge in [-0.15, -0.1) is 35.3 Å². The molecule has 7 nitrogen and oxygen atoms in total. The number of rotatable bonds is 8. The SMILES string of the molecule is CCNC(=NCc1cccc(OCC(=O)N(C)C)c1)NCc1nc(C)c(C)s1.I. The summed E-state index contributed by atoms with van der Waals surface area (Å²) in [4.78, 5) is 23.6. The van der Waals surface area contributed by atoms with Crippen LogP contribution in [0.3, 0.4) is 0 Å². The van der Waals surface area contributed by atoms with E-state index in [2.05, 4.69) is 27.5 Å². The molecule has 0 saturated carbocycles. The Kier molecular flexibility index (Phi) is 11.0. The molecule has 0 spiro atoms. The molecule has 0 bridgehead atoms. The van der Waals surface area contributed by atoms with E-state index in [4.69, 9.17) is 4.74 Å². The first kappa shape index (κ1) is 25.2. The van der Waals surface area contributed by atoms with Crippen molar-refractivity contribution >= 4 is 47.2 Å². The molecule has 0 saturated heterocycles. The molecule has 0 aliphatic rings. The van der Waals surface area contributed by atoms with Crippen LogP contribution in [0.15, 0.2) is 29.3 Å². The van der Waals surface area contributed by atoms with E-state index in [0.29, 0.717) is 18.8 Å². The Morgan fingerprint density at radius 1 is 1.28 bits per heavy atom. The predicted molar refractivity (Wildman–Crippen MR) is 129 cm³/mol. The molecule has 1 aromatic heterocycles. The van der Waals surface area contributed by atoms with Gasteiger partial charge in [-0.2, -0.15) is 0 Å². The van der Waals surface area contributed by atoms with E-state index in [1.165, 1.54) is 9.78 Å². The summed E-state index contributed by atoms with van der Waals surface area (Å²) in [6.07, 6.45) is 0. The van der Waals surface area contributed by atoms with Gasteiger partial charge in [-0.3, -0.25) is 4.79 Å². The maximum atomic E-state index is 11.7. The zero-order valence-corrected chi connectivity index (χ0v) is 20.8. The van der Waals surface area contributed by atoms with E-state index in [1.54, 1.807) is 25.4 Å². The number of likely N-dealkylation sites (N-methyl/N-ethyl adjacent to an activating group) is 1. The van der Waals surface area contributed by atoms with Gasteiger partial charge in [0.2, 0.25) is 0 Å². The van der Waals surface area contributed by atoms with Gasteiger partial charge in [-0.1, -0.05) is 12.1 Å². The van der Waals surface area contributed by atoms with Gasteiger partial charge in [0.15, 0.2) is 12.6 Å². The van der Waals surface area contributed by atoms with Crippen LogP contribution in [0.4, 0.5) is 0 Å². The van der Waals surface area contributed by atoms with E-state index >= 15 is 0 Å². The Morgan fingerprint density at radius 2 is 2.03 bits per heavy atom. The molecule has 1 heterocycles. The maximum Gasteiger partial charge on any atom is 0.259 e. The van der Waals surface area contributed by atoms with Gasteiger partial charge < -0.3 is 20.3 Å². The largest absolute Gasteiger partial charge is 0.484 e. The Bertz CT molecular complexity index is 803. The lowest BCUT2D eigenvalue weighted by molar-refractivity contribution is -0.130. The van der Waals surface area contributed by atoms with Crippen LogP contribution in [-0.2, 0) is 17.9 Å². The first-order chi connectivity index (χ1) is 13.4. The van der Waals surface area contributed by atoms with Crippen molar-refractivity contribution in [3.63, 3.8) is 0 Å². The van der Waals surface area contributed by atoms with Crippen molar-refractivity contribution in [2.45, 2.75) is 33.9 Å². The Labute approximate surface area is 194 Å². The highest BCUT2D eigenvalue weighted by atomic mass is 127. The molecule has 1 aromatic carbocycles.